The number of hydrogen-bond donors (Lipinski definition) is 2. The van der Waals surface area contributed by atoms with Gasteiger partial charge in [-0.15, -0.1) is 0 Å². The predicted molar refractivity (Wildman–Crippen MR) is 43.0 cm³/mol. The first-order valence-corrected chi connectivity index (χ1v) is 3.80. The van der Waals surface area contributed by atoms with Gasteiger partial charge in [0.25, 0.3) is 0 Å². The summed E-state index contributed by atoms with van der Waals surface area (Å²) in [5, 5.41) is 8.79. The Hall–Kier alpha value is -1.07. The van der Waals surface area contributed by atoms with Crippen LogP contribution in [0.4, 0.5) is 8.78 Å². The van der Waals surface area contributed by atoms with E-state index in [4.69, 9.17) is 10.8 Å². The zero-order valence-electron chi connectivity index (χ0n) is 6.87. The highest BCUT2D eigenvalue weighted by molar-refractivity contribution is 5.20. The number of aliphatic hydroxyl groups is 1. The lowest BCUT2D eigenvalue weighted by atomic mass is 10.0. The van der Waals surface area contributed by atoms with E-state index in [2.05, 4.69) is 4.98 Å². The molecule has 0 aliphatic heterocycles. The van der Waals surface area contributed by atoms with Crippen LogP contribution in [0, 0.1) is 11.6 Å². The van der Waals surface area contributed by atoms with Gasteiger partial charge in [-0.1, -0.05) is 0 Å². The summed E-state index contributed by atoms with van der Waals surface area (Å²) in [6, 6.07) is 0. The summed E-state index contributed by atoms with van der Waals surface area (Å²) in [5.74, 6) is -2.25. The molecule has 0 amide bonds. The van der Waals surface area contributed by atoms with Gasteiger partial charge < -0.3 is 10.8 Å². The minimum absolute atomic E-state index is 0.00560. The van der Waals surface area contributed by atoms with Gasteiger partial charge in [0.2, 0.25) is 0 Å². The molecule has 1 aromatic heterocycles. The lowest BCUT2D eigenvalue weighted by Gasteiger charge is -2.12. The smallest absolute Gasteiger partial charge is 0.148 e. The predicted octanol–water partition coefficient (Wildman–Crippen LogP) is 0.394. The molecule has 0 fully saturated rings. The molecule has 0 saturated carbocycles. The Morgan fingerprint density at radius 2 is 1.92 bits per heavy atom. The minimum Gasteiger partial charge on any atom is -0.396 e. The number of nitrogens with two attached hydrogens (primary N) is 1. The summed E-state index contributed by atoms with van der Waals surface area (Å²) >= 11 is 0. The van der Waals surface area contributed by atoms with E-state index in [-0.39, 0.29) is 18.7 Å². The van der Waals surface area contributed by atoms with Crippen LogP contribution in [0.2, 0.25) is 0 Å². The molecule has 0 aromatic carbocycles. The second-order valence-electron chi connectivity index (χ2n) is 2.63. The Labute approximate surface area is 74.2 Å². The van der Waals surface area contributed by atoms with Crippen LogP contribution in [0.3, 0.4) is 0 Å². The number of halogens is 2. The standard InChI is InChI=1S/C8H10F2N2O/c9-6-2-12-3-7(10)8(6)5(1-11)4-13/h2-3,5,13H,1,4,11H2. The maximum atomic E-state index is 13.0. The van der Waals surface area contributed by atoms with Crippen LogP contribution in [0.25, 0.3) is 0 Å². The van der Waals surface area contributed by atoms with E-state index in [1.165, 1.54) is 0 Å². The molecule has 1 rings (SSSR count). The Morgan fingerprint density at radius 1 is 1.38 bits per heavy atom. The largest absolute Gasteiger partial charge is 0.396 e. The van der Waals surface area contributed by atoms with Crippen molar-refractivity contribution >= 4 is 0 Å². The molecule has 1 aromatic rings. The van der Waals surface area contributed by atoms with Gasteiger partial charge >= 0.3 is 0 Å². The van der Waals surface area contributed by atoms with Gasteiger partial charge in [-0.05, 0) is 0 Å². The Balaban J connectivity index is 3.10. The summed E-state index contributed by atoms with van der Waals surface area (Å²) in [6.07, 6.45) is 1.80. The molecule has 0 radical (unpaired) electrons. The molecule has 0 aliphatic rings. The second-order valence-corrected chi connectivity index (χ2v) is 2.63. The van der Waals surface area contributed by atoms with Crippen molar-refractivity contribution in [3.05, 3.63) is 29.6 Å². The summed E-state index contributed by atoms with van der Waals surface area (Å²) < 4.78 is 26.0. The minimum atomic E-state index is -0.774. The van der Waals surface area contributed by atoms with Crippen LogP contribution in [0.1, 0.15) is 11.5 Å². The van der Waals surface area contributed by atoms with E-state index in [1.54, 1.807) is 0 Å². The van der Waals surface area contributed by atoms with Crippen molar-refractivity contribution < 1.29 is 13.9 Å². The van der Waals surface area contributed by atoms with Crippen LogP contribution in [0.5, 0.6) is 0 Å². The maximum Gasteiger partial charge on any atom is 0.148 e. The molecule has 1 atom stereocenters. The highest BCUT2D eigenvalue weighted by atomic mass is 19.1. The molecule has 0 saturated heterocycles. The van der Waals surface area contributed by atoms with Crippen LogP contribution < -0.4 is 5.73 Å². The molecule has 3 N–H and O–H groups in total. The highest BCUT2D eigenvalue weighted by Crippen LogP contribution is 2.20. The van der Waals surface area contributed by atoms with Gasteiger partial charge in [0.15, 0.2) is 0 Å². The molecule has 0 spiro atoms. The lowest BCUT2D eigenvalue weighted by Crippen LogP contribution is -2.19. The van der Waals surface area contributed by atoms with Crippen LogP contribution in [0.15, 0.2) is 12.4 Å². The first-order chi connectivity index (χ1) is 6.20. The van der Waals surface area contributed by atoms with Gasteiger partial charge in [0.05, 0.1) is 19.0 Å². The molecular weight excluding hydrogens is 178 g/mol. The molecule has 5 heteroatoms. The third-order valence-electron chi connectivity index (χ3n) is 1.80. The lowest BCUT2D eigenvalue weighted by molar-refractivity contribution is 0.262. The van der Waals surface area contributed by atoms with Crippen LogP contribution >= 0.6 is 0 Å². The summed E-state index contributed by atoms with van der Waals surface area (Å²) in [6.45, 7) is -0.386. The number of pyridine rings is 1. The monoisotopic (exact) mass is 188 g/mol. The average molecular weight is 188 g/mol. The van der Waals surface area contributed by atoms with Gasteiger partial charge in [-0.25, -0.2) is 8.78 Å². The van der Waals surface area contributed by atoms with Gasteiger partial charge in [0.1, 0.15) is 11.6 Å². The van der Waals surface area contributed by atoms with E-state index in [0.717, 1.165) is 12.4 Å². The fraction of sp³-hybridized carbons (Fsp3) is 0.375. The van der Waals surface area contributed by atoms with Crippen molar-refractivity contribution in [1.82, 2.24) is 4.98 Å². The molecule has 13 heavy (non-hydrogen) atoms. The van der Waals surface area contributed by atoms with Crippen molar-refractivity contribution in [2.75, 3.05) is 13.2 Å². The van der Waals surface area contributed by atoms with Gasteiger partial charge in [-0.3, -0.25) is 4.98 Å². The van der Waals surface area contributed by atoms with E-state index in [1.807, 2.05) is 0 Å². The number of aromatic nitrogens is 1. The number of aliphatic hydroxyl groups excluding tert-OH is 1. The topological polar surface area (TPSA) is 59.1 Å². The highest BCUT2D eigenvalue weighted by Gasteiger charge is 2.18. The molecule has 72 valence electrons. The Kier molecular flexibility index (Phi) is 3.27. The molecule has 0 aliphatic carbocycles. The summed E-state index contributed by atoms with van der Waals surface area (Å²) in [4.78, 5) is 3.32. The molecular formula is C8H10F2N2O. The van der Waals surface area contributed by atoms with E-state index >= 15 is 0 Å². The third-order valence-corrected chi connectivity index (χ3v) is 1.80. The van der Waals surface area contributed by atoms with Crippen molar-refractivity contribution in [2.24, 2.45) is 5.73 Å². The zero-order valence-corrected chi connectivity index (χ0v) is 6.87. The number of nitrogens with zero attached hydrogens (tertiary/aromatic N) is 1. The third kappa shape index (κ3) is 1.99. The zero-order chi connectivity index (χ0) is 9.84. The molecule has 0 bridgehead atoms. The van der Waals surface area contributed by atoms with E-state index in [0.29, 0.717) is 0 Å². The maximum absolute atomic E-state index is 13.0. The van der Waals surface area contributed by atoms with Crippen molar-refractivity contribution in [2.45, 2.75) is 5.92 Å². The first-order valence-electron chi connectivity index (χ1n) is 3.80. The number of hydrogen-bond acceptors (Lipinski definition) is 3. The van der Waals surface area contributed by atoms with Crippen LogP contribution in [-0.2, 0) is 0 Å². The summed E-state index contributed by atoms with van der Waals surface area (Å²) in [7, 11) is 0. The fourth-order valence-corrected chi connectivity index (χ4v) is 1.09. The van der Waals surface area contributed by atoms with Crippen molar-refractivity contribution in [3.8, 4) is 0 Å². The van der Waals surface area contributed by atoms with E-state index in [9.17, 15) is 8.78 Å². The van der Waals surface area contributed by atoms with Crippen molar-refractivity contribution in [1.29, 1.82) is 0 Å². The fourth-order valence-electron chi connectivity index (χ4n) is 1.09. The van der Waals surface area contributed by atoms with Gasteiger partial charge in [0, 0.05) is 18.0 Å². The average Bonchev–Trinajstić information content (AvgIpc) is 2.11. The first kappa shape index (κ1) is 10.0. The van der Waals surface area contributed by atoms with Crippen molar-refractivity contribution in [3.63, 3.8) is 0 Å². The number of rotatable bonds is 3. The van der Waals surface area contributed by atoms with Gasteiger partial charge in [-0.2, -0.15) is 0 Å². The molecule has 1 heterocycles. The molecule has 3 nitrogen and oxygen atoms in total. The Morgan fingerprint density at radius 3 is 2.31 bits per heavy atom. The Bertz CT molecular complexity index is 269. The summed E-state index contributed by atoms with van der Waals surface area (Å²) in [5.41, 5.74) is 5.04. The molecule has 1 unspecified atom stereocenters. The quantitative estimate of drug-likeness (QED) is 0.721. The van der Waals surface area contributed by atoms with E-state index < -0.39 is 17.6 Å². The van der Waals surface area contributed by atoms with Crippen LogP contribution in [-0.4, -0.2) is 23.2 Å². The normalized spacial score (nSPS) is 12.9. The second kappa shape index (κ2) is 4.25. The SMILES string of the molecule is NCC(CO)c1c(F)cncc1F.